The molecule has 1 aliphatic rings. The molecule has 0 bridgehead atoms. The van der Waals surface area contributed by atoms with Gasteiger partial charge in [-0.15, -0.1) is 0 Å². The number of anilines is 1. The zero-order valence-electron chi connectivity index (χ0n) is 12.8. The number of carbonyl (C=O) groups excluding carboxylic acids is 1. The number of phenols is 1. The Balaban J connectivity index is 1.99. The minimum atomic E-state index is -0.228. The van der Waals surface area contributed by atoms with Crippen LogP contribution in [-0.2, 0) is 0 Å². The van der Waals surface area contributed by atoms with E-state index in [1.165, 1.54) is 25.0 Å². The first-order chi connectivity index (χ1) is 9.99. The number of aromatic hydroxyl groups is 1. The van der Waals surface area contributed by atoms with Crippen LogP contribution in [0.5, 0.6) is 5.75 Å². The van der Waals surface area contributed by atoms with Gasteiger partial charge in [0.25, 0.3) is 5.91 Å². The Labute approximate surface area is 126 Å². The molecule has 1 aliphatic heterocycles. The number of likely N-dealkylation sites (tertiary alicyclic amines) is 1. The van der Waals surface area contributed by atoms with E-state index in [-0.39, 0.29) is 11.7 Å². The number of nitrogen functional groups attached to an aromatic ring is 1. The fraction of sp³-hybridized carbons (Fsp3) is 0.562. The summed E-state index contributed by atoms with van der Waals surface area (Å²) in [6, 6.07) is 4.78. The van der Waals surface area contributed by atoms with Crippen molar-refractivity contribution in [1.82, 2.24) is 10.2 Å². The second-order valence-electron chi connectivity index (χ2n) is 6.04. The van der Waals surface area contributed by atoms with Crippen LogP contribution in [0.3, 0.4) is 0 Å². The number of amides is 1. The van der Waals surface area contributed by atoms with Gasteiger partial charge in [0.2, 0.25) is 0 Å². The highest BCUT2D eigenvalue weighted by molar-refractivity contribution is 5.99. The van der Waals surface area contributed by atoms with Crippen LogP contribution in [-0.4, -0.2) is 41.6 Å². The van der Waals surface area contributed by atoms with Crippen molar-refractivity contribution in [2.24, 2.45) is 5.92 Å². The van der Waals surface area contributed by atoms with Gasteiger partial charge < -0.3 is 16.2 Å². The first-order valence-electron chi connectivity index (χ1n) is 7.59. The molecule has 1 heterocycles. The van der Waals surface area contributed by atoms with Gasteiger partial charge in [0, 0.05) is 18.3 Å². The third-order valence-electron chi connectivity index (χ3n) is 4.13. The van der Waals surface area contributed by atoms with Crippen LogP contribution in [0.15, 0.2) is 18.2 Å². The van der Waals surface area contributed by atoms with Crippen molar-refractivity contribution in [3.8, 4) is 5.75 Å². The third kappa shape index (κ3) is 3.88. The molecule has 0 aliphatic carbocycles. The molecule has 1 saturated heterocycles. The number of nitrogens with two attached hydrogens (primary N) is 1. The Kier molecular flexibility index (Phi) is 5.07. The molecular weight excluding hydrogens is 266 g/mol. The number of benzene rings is 1. The number of hydrogen-bond donors (Lipinski definition) is 3. The fourth-order valence-corrected chi connectivity index (χ4v) is 2.89. The molecule has 4 N–H and O–H groups in total. The molecule has 1 fully saturated rings. The van der Waals surface area contributed by atoms with Gasteiger partial charge >= 0.3 is 0 Å². The molecule has 0 spiro atoms. The number of nitrogens with one attached hydrogen (secondary N) is 1. The number of hydrogen-bond acceptors (Lipinski definition) is 4. The standard InChI is InChI=1S/C16H25N3O2/c1-11(2)15(19-7-3-4-8-19)10-18-16(21)13-9-12(20)5-6-14(13)17/h5-6,9,11,15,20H,3-4,7-8,10,17H2,1-2H3,(H,18,21)/t15-/m1/s1. The van der Waals surface area contributed by atoms with Crippen LogP contribution in [0.1, 0.15) is 37.0 Å². The smallest absolute Gasteiger partial charge is 0.253 e. The highest BCUT2D eigenvalue weighted by atomic mass is 16.3. The zero-order valence-corrected chi connectivity index (χ0v) is 12.8. The largest absolute Gasteiger partial charge is 0.508 e. The Morgan fingerprint density at radius 3 is 2.67 bits per heavy atom. The third-order valence-corrected chi connectivity index (χ3v) is 4.13. The van der Waals surface area contributed by atoms with Gasteiger partial charge in [0.15, 0.2) is 0 Å². The number of rotatable bonds is 5. The van der Waals surface area contributed by atoms with Gasteiger partial charge in [-0.25, -0.2) is 0 Å². The second kappa shape index (κ2) is 6.80. The molecule has 0 unspecified atom stereocenters. The molecule has 0 saturated carbocycles. The lowest BCUT2D eigenvalue weighted by atomic mass is 10.0. The molecule has 5 nitrogen and oxygen atoms in total. The summed E-state index contributed by atoms with van der Waals surface area (Å²) >= 11 is 0. The van der Waals surface area contributed by atoms with Gasteiger partial charge in [-0.05, 0) is 50.0 Å². The summed E-state index contributed by atoms with van der Waals surface area (Å²) in [6.07, 6.45) is 2.47. The van der Waals surface area contributed by atoms with Crippen molar-refractivity contribution in [3.63, 3.8) is 0 Å². The SMILES string of the molecule is CC(C)[C@@H](CNC(=O)c1cc(O)ccc1N)N1CCCC1. The lowest BCUT2D eigenvalue weighted by molar-refractivity contribution is 0.0928. The van der Waals surface area contributed by atoms with Gasteiger partial charge in [0.05, 0.1) is 5.56 Å². The van der Waals surface area contributed by atoms with Crippen LogP contribution in [0.4, 0.5) is 5.69 Å². The van der Waals surface area contributed by atoms with E-state index in [1.54, 1.807) is 6.07 Å². The average molecular weight is 291 g/mol. The summed E-state index contributed by atoms with van der Waals surface area (Å²) < 4.78 is 0. The topological polar surface area (TPSA) is 78.6 Å². The number of nitrogens with zero attached hydrogens (tertiary/aromatic N) is 1. The fourth-order valence-electron chi connectivity index (χ4n) is 2.89. The molecule has 5 heteroatoms. The van der Waals surface area contributed by atoms with Crippen LogP contribution < -0.4 is 11.1 Å². The molecule has 1 atom stereocenters. The summed E-state index contributed by atoms with van der Waals surface area (Å²) in [5.41, 5.74) is 6.51. The van der Waals surface area contributed by atoms with Crippen molar-refractivity contribution in [2.75, 3.05) is 25.4 Å². The summed E-state index contributed by atoms with van der Waals surface area (Å²) in [6.45, 7) is 7.17. The Morgan fingerprint density at radius 2 is 2.05 bits per heavy atom. The number of phenolic OH excluding ortho intramolecular Hbond substituents is 1. The summed E-state index contributed by atoms with van der Waals surface area (Å²) in [4.78, 5) is 14.7. The predicted octanol–water partition coefficient (Wildman–Crippen LogP) is 1.82. The first kappa shape index (κ1) is 15.6. The van der Waals surface area contributed by atoms with Crippen molar-refractivity contribution < 1.29 is 9.90 Å². The molecule has 0 aromatic heterocycles. The van der Waals surface area contributed by atoms with Crippen LogP contribution in [0.2, 0.25) is 0 Å². The van der Waals surface area contributed by atoms with E-state index >= 15 is 0 Å². The van der Waals surface area contributed by atoms with E-state index in [0.717, 1.165) is 13.1 Å². The summed E-state index contributed by atoms with van der Waals surface area (Å²) in [5, 5.41) is 12.4. The monoisotopic (exact) mass is 291 g/mol. The van der Waals surface area contributed by atoms with Gasteiger partial charge in [-0.1, -0.05) is 13.8 Å². The minimum absolute atomic E-state index is 0.0503. The first-order valence-corrected chi connectivity index (χ1v) is 7.59. The van der Waals surface area contributed by atoms with Gasteiger partial charge in [0.1, 0.15) is 5.75 Å². The Morgan fingerprint density at radius 1 is 1.38 bits per heavy atom. The van der Waals surface area contributed by atoms with Crippen molar-refractivity contribution in [3.05, 3.63) is 23.8 Å². The zero-order chi connectivity index (χ0) is 15.4. The van der Waals surface area contributed by atoms with E-state index in [2.05, 4.69) is 24.1 Å². The molecule has 0 radical (unpaired) electrons. The Bertz CT molecular complexity index is 496. The average Bonchev–Trinajstić information content (AvgIpc) is 2.95. The lowest BCUT2D eigenvalue weighted by Gasteiger charge is -2.31. The summed E-state index contributed by atoms with van der Waals surface area (Å²) in [5.74, 6) is 0.299. The van der Waals surface area contributed by atoms with E-state index < -0.39 is 0 Å². The van der Waals surface area contributed by atoms with Crippen molar-refractivity contribution in [1.29, 1.82) is 0 Å². The van der Waals surface area contributed by atoms with Crippen LogP contribution in [0, 0.1) is 5.92 Å². The normalized spacial score (nSPS) is 17.1. The van der Waals surface area contributed by atoms with Crippen LogP contribution in [0.25, 0.3) is 0 Å². The van der Waals surface area contributed by atoms with Crippen molar-refractivity contribution >= 4 is 11.6 Å². The highest BCUT2D eigenvalue weighted by Gasteiger charge is 2.25. The molecular formula is C16H25N3O2. The Hall–Kier alpha value is -1.75. The van der Waals surface area contributed by atoms with Gasteiger partial charge in [-0.3, -0.25) is 9.69 Å². The van der Waals surface area contributed by atoms with Gasteiger partial charge in [-0.2, -0.15) is 0 Å². The predicted molar refractivity (Wildman–Crippen MR) is 84.3 cm³/mol. The molecule has 1 aromatic rings. The maximum absolute atomic E-state index is 12.2. The maximum Gasteiger partial charge on any atom is 0.253 e. The highest BCUT2D eigenvalue weighted by Crippen LogP contribution is 2.20. The van der Waals surface area contributed by atoms with E-state index in [9.17, 15) is 9.90 Å². The minimum Gasteiger partial charge on any atom is -0.508 e. The quantitative estimate of drug-likeness (QED) is 0.571. The summed E-state index contributed by atoms with van der Waals surface area (Å²) in [7, 11) is 0. The van der Waals surface area contributed by atoms with Crippen LogP contribution >= 0.6 is 0 Å². The molecule has 1 amide bonds. The molecule has 2 rings (SSSR count). The number of carbonyl (C=O) groups is 1. The maximum atomic E-state index is 12.2. The molecule has 21 heavy (non-hydrogen) atoms. The lowest BCUT2D eigenvalue weighted by Crippen LogP contribution is -2.45. The second-order valence-corrected chi connectivity index (χ2v) is 6.04. The van der Waals surface area contributed by atoms with E-state index in [0.29, 0.717) is 29.8 Å². The molecule has 1 aromatic carbocycles. The van der Waals surface area contributed by atoms with Crippen molar-refractivity contribution in [2.45, 2.75) is 32.7 Å². The molecule has 116 valence electrons. The van der Waals surface area contributed by atoms with E-state index in [1.807, 2.05) is 0 Å². The van der Waals surface area contributed by atoms with E-state index in [4.69, 9.17) is 5.73 Å².